The quantitative estimate of drug-likeness (QED) is 0.575. The lowest BCUT2D eigenvalue weighted by molar-refractivity contribution is -0.0717. The van der Waals surface area contributed by atoms with Crippen LogP contribution < -0.4 is 0 Å². The van der Waals surface area contributed by atoms with Crippen molar-refractivity contribution < 1.29 is 30.5 Å². The molecular formula is C8H13F3O4S. The maximum atomic E-state index is 12.1. The molecule has 0 amide bonds. The van der Waals surface area contributed by atoms with E-state index in [2.05, 4.69) is 4.18 Å². The molecule has 16 heavy (non-hydrogen) atoms. The molecule has 1 aliphatic carbocycles. The summed E-state index contributed by atoms with van der Waals surface area (Å²) in [6.07, 6.45) is 0.571. The molecule has 0 aromatic rings. The van der Waals surface area contributed by atoms with E-state index in [9.17, 15) is 21.6 Å². The van der Waals surface area contributed by atoms with E-state index < -0.39 is 27.8 Å². The normalized spacial score (nSPS) is 28.0. The summed E-state index contributed by atoms with van der Waals surface area (Å²) in [7, 11) is -4.19. The standard InChI is InChI=1S/C8H13F3O4S/c1-14-6-4-2-3-5-7(6)15-16(12,13)8(9,10)11/h6-7H,2-5H2,1H3. The largest absolute Gasteiger partial charge is 0.523 e. The number of hydrogen-bond acceptors (Lipinski definition) is 4. The summed E-state index contributed by atoms with van der Waals surface area (Å²) in [6.45, 7) is 0. The van der Waals surface area contributed by atoms with E-state index in [-0.39, 0.29) is 6.42 Å². The fourth-order valence-electron chi connectivity index (χ4n) is 1.66. The van der Waals surface area contributed by atoms with Crippen molar-refractivity contribution >= 4 is 10.1 Å². The highest BCUT2D eigenvalue weighted by atomic mass is 32.2. The number of rotatable bonds is 3. The van der Waals surface area contributed by atoms with Gasteiger partial charge in [0.15, 0.2) is 0 Å². The zero-order chi connectivity index (χ0) is 12.4. The van der Waals surface area contributed by atoms with Crippen molar-refractivity contribution in [1.29, 1.82) is 0 Å². The number of alkyl halides is 3. The molecule has 0 N–H and O–H groups in total. The molecule has 1 aliphatic rings. The Bertz CT molecular complexity index is 325. The van der Waals surface area contributed by atoms with Crippen molar-refractivity contribution in [2.45, 2.75) is 43.4 Å². The van der Waals surface area contributed by atoms with Crippen LogP contribution in [-0.4, -0.2) is 33.2 Å². The average Bonchev–Trinajstić information content (AvgIpc) is 2.16. The minimum Gasteiger partial charge on any atom is -0.379 e. The molecule has 96 valence electrons. The van der Waals surface area contributed by atoms with Gasteiger partial charge in [0, 0.05) is 7.11 Å². The molecule has 0 aliphatic heterocycles. The van der Waals surface area contributed by atoms with Gasteiger partial charge in [-0.05, 0) is 12.8 Å². The van der Waals surface area contributed by atoms with Crippen LogP contribution in [0.4, 0.5) is 13.2 Å². The molecule has 0 heterocycles. The van der Waals surface area contributed by atoms with Crippen molar-refractivity contribution in [3.63, 3.8) is 0 Å². The number of ether oxygens (including phenoxy) is 1. The number of halogens is 3. The Hall–Kier alpha value is -0.340. The highest BCUT2D eigenvalue weighted by Gasteiger charge is 2.49. The Morgan fingerprint density at radius 2 is 1.62 bits per heavy atom. The van der Waals surface area contributed by atoms with E-state index >= 15 is 0 Å². The minimum atomic E-state index is -5.52. The van der Waals surface area contributed by atoms with E-state index in [0.29, 0.717) is 12.8 Å². The van der Waals surface area contributed by atoms with Crippen molar-refractivity contribution in [3.05, 3.63) is 0 Å². The maximum Gasteiger partial charge on any atom is 0.523 e. The lowest BCUT2D eigenvalue weighted by Gasteiger charge is -2.29. The summed E-state index contributed by atoms with van der Waals surface area (Å²) >= 11 is 0. The van der Waals surface area contributed by atoms with Gasteiger partial charge in [0.05, 0.1) is 6.10 Å². The van der Waals surface area contributed by atoms with Gasteiger partial charge < -0.3 is 4.74 Å². The number of methoxy groups -OCH3 is 1. The molecule has 1 saturated carbocycles. The minimum absolute atomic E-state index is 0.258. The highest BCUT2D eigenvalue weighted by molar-refractivity contribution is 7.87. The molecule has 0 radical (unpaired) electrons. The van der Waals surface area contributed by atoms with Gasteiger partial charge in [0.1, 0.15) is 6.10 Å². The van der Waals surface area contributed by atoms with Crippen LogP contribution in [0.3, 0.4) is 0 Å². The Morgan fingerprint density at radius 3 is 2.06 bits per heavy atom. The SMILES string of the molecule is COC1CCCCC1OS(=O)(=O)C(F)(F)F. The fourth-order valence-corrected chi connectivity index (χ4v) is 2.31. The molecule has 0 saturated heterocycles. The summed E-state index contributed by atoms with van der Waals surface area (Å²) in [5.74, 6) is 0. The maximum absolute atomic E-state index is 12.1. The Kier molecular flexibility index (Phi) is 4.19. The molecule has 0 aromatic heterocycles. The van der Waals surface area contributed by atoms with Crippen LogP contribution in [0.2, 0.25) is 0 Å². The second kappa shape index (κ2) is 4.89. The third kappa shape index (κ3) is 3.08. The summed E-state index contributed by atoms with van der Waals surface area (Å²) in [4.78, 5) is 0. The van der Waals surface area contributed by atoms with E-state index in [1.165, 1.54) is 7.11 Å². The van der Waals surface area contributed by atoms with Crippen LogP contribution in [0.5, 0.6) is 0 Å². The number of hydrogen-bond donors (Lipinski definition) is 0. The van der Waals surface area contributed by atoms with Gasteiger partial charge in [-0.1, -0.05) is 12.8 Å². The summed E-state index contributed by atoms with van der Waals surface area (Å²) in [5, 5.41) is 0. The molecule has 1 rings (SSSR count). The third-order valence-electron chi connectivity index (χ3n) is 2.48. The van der Waals surface area contributed by atoms with Gasteiger partial charge in [-0.15, -0.1) is 0 Å². The van der Waals surface area contributed by atoms with Gasteiger partial charge in [-0.3, -0.25) is 4.18 Å². The molecule has 2 atom stereocenters. The van der Waals surface area contributed by atoms with Crippen molar-refractivity contribution in [1.82, 2.24) is 0 Å². The first-order chi connectivity index (χ1) is 7.28. The average molecular weight is 262 g/mol. The molecular weight excluding hydrogens is 249 g/mol. The molecule has 0 bridgehead atoms. The molecule has 0 spiro atoms. The predicted octanol–water partition coefficient (Wildman–Crippen LogP) is 1.81. The molecule has 2 unspecified atom stereocenters. The Morgan fingerprint density at radius 1 is 1.12 bits per heavy atom. The molecule has 4 nitrogen and oxygen atoms in total. The summed E-state index contributed by atoms with van der Waals surface area (Å²) in [5.41, 5.74) is -5.37. The second-order valence-corrected chi connectivity index (χ2v) is 5.16. The van der Waals surface area contributed by atoms with Crippen LogP contribution in [-0.2, 0) is 19.0 Å². The van der Waals surface area contributed by atoms with Crippen LogP contribution in [0, 0.1) is 0 Å². The van der Waals surface area contributed by atoms with Gasteiger partial charge in [0.2, 0.25) is 0 Å². The van der Waals surface area contributed by atoms with Crippen molar-refractivity contribution in [2.24, 2.45) is 0 Å². The zero-order valence-electron chi connectivity index (χ0n) is 8.66. The Balaban J connectivity index is 2.72. The molecule has 1 fully saturated rings. The van der Waals surface area contributed by atoms with Gasteiger partial charge >= 0.3 is 15.6 Å². The molecule has 0 aromatic carbocycles. The molecule has 8 heteroatoms. The lowest BCUT2D eigenvalue weighted by Crippen LogP contribution is -2.39. The summed E-state index contributed by atoms with van der Waals surface area (Å²) < 4.78 is 66.8. The smallest absolute Gasteiger partial charge is 0.379 e. The predicted molar refractivity (Wildman–Crippen MR) is 49.1 cm³/mol. The van der Waals surface area contributed by atoms with Gasteiger partial charge in [-0.2, -0.15) is 21.6 Å². The first-order valence-electron chi connectivity index (χ1n) is 4.80. The first kappa shape index (κ1) is 13.7. The van der Waals surface area contributed by atoms with Crippen molar-refractivity contribution in [2.75, 3.05) is 7.11 Å². The van der Waals surface area contributed by atoms with E-state index in [1.54, 1.807) is 0 Å². The van der Waals surface area contributed by atoms with E-state index in [0.717, 1.165) is 6.42 Å². The van der Waals surface area contributed by atoms with Gasteiger partial charge in [0.25, 0.3) is 0 Å². The van der Waals surface area contributed by atoms with Crippen LogP contribution in [0.25, 0.3) is 0 Å². The van der Waals surface area contributed by atoms with Crippen LogP contribution >= 0.6 is 0 Å². The van der Waals surface area contributed by atoms with Gasteiger partial charge in [-0.25, -0.2) is 0 Å². The first-order valence-corrected chi connectivity index (χ1v) is 6.21. The van der Waals surface area contributed by atoms with E-state index in [4.69, 9.17) is 4.74 Å². The third-order valence-corrected chi connectivity index (χ3v) is 3.55. The van der Waals surface area contributed by atoms with Crippen LogP contribution in [0.1, 0.15) is 25.7 Å². The topological polar surface area (TPSA) is 52.6 Å². The van der Waals surface area contributed by atoms with Crippen LogP contribution in [0.15, 0.2) is 0 Å². The monoisotopic (exact) mass is 262 g/mol. The summed E-state index contributed by atoms with van der Waals surface area (Å²) in [6, 6.07) is 0. The lowest BCUT2D eigenvalue weighted by atomic mass is 9.95. The van der Waals surface area contributed by atoms with Crippen molar-refractivity contribution in [3.8, 4) is 0 Å². The zero-order valence-corrected chi connectivity index (χ0v) is 9.47. The fraction of sp³-hybridized carbons (Fsp3) is 1.00. The second-order valence-electron chi connectivity index (χ2n) is 3.59. The highest BCUT2D eigenvalue weighted by Crippen LogP contribution is 2.30. The Labute approximate surface area is 91.8 Å². The van der Waals surface area contributed by atoms with E-state index in [1.807, 2.05) is 0 Å².